The highest BCUT2D eigenvalue weighted by molar-refractivity contribution is 5.72. The fourth-order valence-corrected chi connectivity index (χ4v) is 2.45. The van der Waals surface area contributed by atoms with E-state index in [1.54, 1.807) is 6.07 Å². The monoisotopic (exact) mass is 240 g/mol. The fourth-order valence-electron chi connectivity index (χ4n) is 2.45. The lowest BCUT2D eigenvalue weighted by Crippen LogP contribution is -2.11. The van der Waals surface area contributed by atoms with Crippen LogP contribution in [0, 0.1) is 0 Å². The van der Waals surface area contributed by atoms with Crippen LogP contribution in [-0.4, -0.2) is 11.7 Å². The Bertz CT molecular complexity index is 575. The van der Waals surface area contributed by atoms with Crippen molar-refractivity contribution in [3.05, 3.63) is 48.0 Å². The quantitative estimate of drug-likeness (QED) is 0.818. The molecule has 0 saturated heterocycles. The Labute approximate surface area is 107 Å². The zero-order valence-electron chi connectivity index (χ0n) is 10.4. The highest BCUT2D eigenvalue weighted by Gasteiger charge is 2.18. The van der Waals surface area contributed by atoms with Gasteiger partial charge in [0.2, 0.25) is 0 Å². The zero-order valence-corrected chi connectivity index (χ0v) is 10.4. The Kier molecular flexibility index (Phi) is 2.71. The largest absolute Gasteiger partial charge is 0.507 e. The Morgan fingerprint density at radius 3 is 2.83 bits per heavy atom. The third kappa shape index (κ3) is 1.84. The summed E-state index contributed by atoms with van der Waals surface area (Å²) < 4.78 is 5.71. The summed E-state index contributed by atoms with van der Waals surface area (Å²) in [4.78, 5) is 0. The number of ether oxygens (including phenoxy) is 1. The van der Waals surface area contributed by atoms with Crippen LogP contribution < -0.4 is 4.74 Å². The molecule has 0 unspecified atom stereocenters. The normalized spacial score (nSPS) is 17.9. The molecule has 92 valence electrons. The van der Waals surface area contributed by atoms with E-state index in [0.29, 0.717) is 11.7 Å². The summed E-state index contributed by atoms with van der Waals surface area (Å²) in [5, 5.41) is 9.88. The van der Waals surface area contributed by atoms with Crippen molar-refractivity contribution in [2.24, 2.45) is 0 Å². The lowest BCUT2D eigenvalue weighted by molar-refractivity contribution is 0.272. The standard InChI is InChI=1S/C16H16O2/c1-11-8-9-18-16-10-12(6-7-13(11)16)14-4-2-3-5-15(14)17/h2-7,10-11,17H,8-9H2,1H3/t11-/m1/s1. The molecule has 0 aromatic heterocycles. The first-order valence-corrected chi connectivity index (χ1v) is 6.31. The first kappa shape index (κ1) is 11.1. The first-order chi connectivity index (χ1) is 8.75. The van der Waals surface area contributed by atoms with Gasteiger partial charge in [0.05, 0.1) is 6.61 Å². The fraction of sp³-hybridized carbons (Fsp3) is 0.250. The minimum atomic E-state index is 0.307. The summed E-state index contributed by atoms with van der Waals surface area (Å²) in [6.45, 7) is 3.00. The van der Waals surface area contributed by atoms with E-state index in [2.05, 4.69) is 19.1 Å². The van der Waals surface area contributed by atoms with E-state index in [4.69, 9.17) is 4.74 Å². The molecule has 0 aliphatic carbocycles. The van der Waals surface area contributed by atoms with E-state index in [0.717, 1.165) is 29.9 Å². The highest BCUT2D eigenvalue weighted by Crippen LogP contribution is 2.38. The van der Waals surface area contributed by atoms with Gasteiger partial charge in [-0.05, 0) is 35.6 Å². The minimum Gasteiger partial charge on any atom is -0.507 e. The molecule has 0 saturated carbocycles. The van der Waals surface area contributed by atoms with Crippen LogP contribution in [0.25, 0.3) is 11.1 Å². The number of fused-ring (bicyclic) bond motifs is 1. The van der Waals surface area contributed by atoms with Gasteiger partial charge < -0.3 is 9.84 Å². The number of phenolic OH excluding ortho intramolecular Hbond substituents is 1. The molecular formula is C16H16O2. The number of phenols is 1. The van der Waals surface area contributed by atoms with Gasteiger partial charge >= 0.3 is 0 Å². The Balaban J connectivity index is 2.08. The molecule has 1 aliphatic heterocycles. The van der Waals surface area contributed by atoms with E-state index in [-0.39, 0.29) is 0 Å². The molecule has 0 bridgehead atoms. The number of rotatable bonds is 1. The molecule has 2 aromatic rings. The molecule has 18 heavy (non-hydrogen) atoms. The summed E-state index contributed by atoms with van der Waals surface area (Å²) in [5.41, 5.74) is 3.11. The van der Waals surface area contributed by atoms with Gasteiger partial charge in [0, 0.05) is 5.56 Å². The zero-order chi connectivity index (χ0) is 12.5. The van der Waals surface area contributed by atoms with Crippen LogP contribution in [0.2, 0.25) is 0 Å². The smallest absolute Gasteiger partial charge is 0.123 e. The van der Waals surface area contributed by atoms with E-state index in [1.807, 2.05) is 24.3 Å². The first-order valence-electron chi connectivity index (χ1n) is 6.31. The van der Waals surface area contributed by atoms with Crippen LogP contribution in [0.15, 0.2) is 42.5 Å². The number of benzene rings is 2. The summed E-state index contributed by atoms with van der Waals surface area (Å²) in [7, 11) is 0. The topological polar surface area (TPSA) is 29.5 Å². The summed E-state index contributed by atoms with van der Waals surface area (Å²) in [6.07, 6.45) is 1.07. The second-order valence-electron chi connectivity index (χ2n) is 4.81. The van der Waals surface area contributed by atoms with Gasteiger partial charge in [0.25, 0.3) is 0 Å². The van der Waals surface area contributed by atoms with Gasteiger partial charge in [0.1, 0.15) is 11.5 Å². The average Bonchev–Trinajstić information content (AvgIpc) is 2.39. The molecule has 2 nitrogen and oxygen atoms in total. The highest BCUT2D eigenvalue weighted by atomic mass is 16.5. The molecule has 1 aliphatic rings. The molecule has 0 spiro atoms. The van der Waals surface area contributed by atoms with Crippen molar-refractivity contribution >= 4 is 0 Å². The van der Waals surface area contributed by atoms with Crippen molar-refractivity contribution in [2.75, 3.05) is 6.61 Å². The molecule has 1 N–H and O–H groups in total. The van der Waals surface area contributed by atoms with Gasteiger partial charge in [-0.25, -0.2) is 0 Å². The number of hydrogen-bond donors (Lipinski definition) is 1. The number of para-hydroxylation sites is 1. The molecule has 1 heterocycles. The third-order valence-corrected chi connectivity index (χ3v) is 3.57. The van der Waals surface area contributed by atoms with Gasteiger partial charge in [-0.1, -0.05) is 37.3 Å². The summed E-state index contributed by atoms with van der Waals surface area (Å²) in [6, 6.07) is 13.6. The van der Waals surface area contributed by atoms with Crippen LogP contribution in [0.3, 0.4) is 0 Å². The maximum Gasteiger partial charge on any atom is 0.123 e. The second kappa shape index (κ2) is 4.37. The van der Waals surface area contributed by atoms with Crippen LogP contribution in [-0.2, 0) is 0 Å². The van der Waals surface area contributed by atoms with E-state index < -0.39 is 0 Å². The van der Waals surface area contributed by atoms with E-state index in [9.17, 15) is 5.11 Å². The van der Waals surface area contributed by atoms with Crippen LogP contribution in [0.1, 0.15) is 24.8 Å². The molecular weight excluding hydrogens is 224 g/mol. The van der Waals surface area contributed by atoms with E-state index >= 15 is 0 Å². The maximum absolute atomic E-state index is 9.88. The van der Waals surface area contributed by atoms with Crippen molar-refractivity contribution in [1.82, 2.24) is 0 Å². The van der Waals surface area contributed by atoms with Crippen molar-refractivity contribution < 1.29 is 9.84 Å². The van der Waals surface area contributed by atoms with Crippen LogP contribution >= 0.6 is 0 Å². The molecule has 0 fully saturated rings. The van der Waals surface area contributed by atoms with Crippen LogP contribution in [0.5, 0.6) is 11.5 Å². The van der Waals surface area contributed by atoms with Crippen molar-refractivity contribution in [3.8, 4) is 22.6 Å². The van der Waals surface area contributed by atoms with Gasteiger partial charge in [0.15, 0.2) is 0 Å². The van der Waals surface area contributed by atoms with Crippen molar-refractivity contribution in [3.63, 3.8) is 0 Å². The molecule has 2 heteroatoms. The van der Waals surface area contributed by atoms with Crippen molar-refractivity contribution in [2.45, 2.75) is 19.3 Å². The lowest BCUT2D eigenvalue weighted by Gasteiger charge is -2.23. The van der Waals surface area contributed by atoms with E-state index in [1.165, 1.54) is 5.56 Å². The van der Waals surface area contributed by atoms with Crippen LogP contribution in [0.4, 0.5) is 0 Å². The average molecular weight is 240 g/mol. The lowest BCUT2D eigenvalue weighted by atomic mass is 9.92. The maximum atomic E-state index is 9.88. The Hall–Kier alpha value is -1.96. The summed E-state index contributed by atoms with van der Waals surface area (Å²) >= 11 is 0. The number of aromatic hydroxyl groups is 1. The van der Waals surface area contributed by atoms with Gasteiger partial charge in [-0.2, -0.15) is 0 Å². The summed E-state index contributed by atoms with van der Waals surface area (Å²) in [5.74, 6) is 1.81. The molecule has 0 radical (unpaired) electrons. The van der Waals surface area contributed by atoms with Crippen molar-refractivity contribution in [1.29, 1.82) is 0 Å². The molecule has 2 aromatic carbocycles. The second-order valence-corrected chi connectivity index (χ2v) is 4.81. The molecule has 1 atom stereocenters. The van der Waals surface area contributed by atoms with Gasteiger partial charge in [-0.15, -0.1) is 0 Å². The number of hydrogen-bond acceptors (Lipinski definition) is 2. The predicted molar refractivity (Wildman–Crippen MR) is 72.1 cm³/mol. The van der Waals surface area contributed by atoms with Gasteiger partial charge in [-0.3, -0.25) is 0 Å². The predicted octanol–water partition coefficient (Wildman–Crippen LogP) is 3.95. The molecule has 0 amide bonds. The minimum absolute atomic E-state index is 0.307. The Morgan fingerprint density at radius 2 is 2.00 bits per heavy atom. The molecule has 3 rings (SSSR count). The Morgan fingerprint density at radius 1 is 1.17 bits per heavy atom. The SMILES string of the molecule is C[C@@H]1CCOc2cc(-c3ccccc3O)ccc21. The third-order valence-electron chi connectivity index (χ3n) is 3.57.